The van der Waals surface area contributed by atoms with Gasteiger partial charge in [-0.15, -0.1) is 0 Å². The quantitative estimate of drug-likeness (QED) is 0.724. The maximum Gasteiger partial charge on any atom is 0.202 e. The molecule has 5 nitrogen and oxygen atoms in total. The summed E-state index contributed by atoms with van der Waals surface area (Å²) in [5.41, 5.74) is 2.83. The zero-order chi connectivity index (χ0) is 18.4. The molecule has 132 valence electrons. The number of hydrogen-bond donors (Lipinski definition) is 0. The van der Waals surface area contributed by atoms with Crippen molar-refractivity contribution in [2.45, 2.75) is 12.8 Å². The Bertz CT molecular complexity index is 985. The summed E-state index contributed by atoms with van der Waals surface area (Å²) in [6.07, 6.45) is 5.52. The predicted molar refractivity (Wildman–Crippen MR) is 96.8 cm³/mol. The molecule has 2 aliphatic rings. The SMILES string of the molecule is COc1cccc2c1C(=O)c1c(OC)c3c(c(OC)c1C2=O)C=CCC3. The van der Waals surface area contributed by atoms with E-state index in [9.17, 15) is 9.59 Å². The van der Waals surface area contributed by atoms with Gasteiger partial charge in [-0.25, -0.2) is 0 Å². The predicted octanol–water partition coefficient (Wildman–Crippen LogP) is 3.45. The summed E-state index contributed by atoms with van der Waals surface area (Å²) in [5.74, 6) is 0.726. The molecule has 0 radical (unpaired) electrons. The molecule has 0 spiro atoms. The molecule has 0 unspecified atom stereocenters. The van der Waals surface area contributed by atoms with Gasteiger partial charge in [-0.1, -0.05) is 24.3 Å². The normalized spacial score (nSPS) is 14.4. The number of allylic oxidation sites excluding steroid dienone is 1. The van der Waals surface area contributed by atoms with Gasteiger partial charge < -0.3 is 14.2 Å². The minimum atomic E-state index is -0.278. The van der Waals surface area contributed by atoms with Crippen molar-refractivity contribution in [1.29, 1.82) is 0 Å². The van der Waals surface area contributed by atoms with E-state index in [-0.39, 0.29) is 28.3 Å². The van der Waals surface area contributed by atoms with Gasteiger partial charge in [-0.2, -0.15) is 0 Å². The number of methoxy groups -OCH3 is 3. The van der Waals surface area contributed by atoms with Crippen LogP contribution in [0, 0.1) is 0 Å². The van der Waals surface area contributed by atoms with Crippen LogP contribution in [-0.4, -0.2) is 32.9 Å². The number of ketones is 2. The molecule has 0 aliphatic heterocycles. The lowest BCUT2D eigenvalue weighted by atomic mass is 9.78. The zero-order valence-electron chi connectivity index (χ0n) is 14.8. The van der Waals surface area contributed by atoms with Crippen LogP contribution in [0.4, 0.5) is 0 Å². The first-order chi connectivity index (χ1) is 12.6. The molecule has 0 saturated heterocycles. The second-order valence-electron chi connectivity index (χ2n) is 6.19. The molecular formula is C21H18O5. The van der Waals surface area contributed by atoms with Gasteiger partial charge in [0.2, 0.25) is 5.78 Å². The number of carbonyl (C=O) groups is 2. The van der Waals surface area contributed by atoms with E-state index in [2.05, 4.69) is 0 Å². The number of hydrogen-bond acceptors (Lipinski definition) is 5. The lowest BCUT2D eigenvalue weighted by molar-refractivity contribution is 0.0971. The van der Waals surface area contributed by atoms with Gasteiger partial charge >= 0.3 is 0 Å². The molecule has 26 heavy (non-hydrogen) atoms. The van der Waals surface area contributed by atoms with Crippen molar-refractivity contribution in [1.82, 2.24) is 0 Å². The Kier molecular flexibility index (Phi) is 3.80. The van der Waals surface area contributed by atoms with Crippen molar-refractivity contribution in [3.8, 4) is 17.2 Å². The molecule has 2 aromatic rings. The highest BCUT2D eigenvalue weighted by Crippen LogP contribution is 2.47. The van der Waals surface area contributed by atoms with Crippen molar-refractivity contribution in [3.05, 3.63) is 57.7 Å². The van der Waals surface area contributed by atoms with Crippen LogP contribution in [0.1, 0.15) is 49.4 Å². The summed E-state index contributed by atoms with van der Waals surface area (Å²) in [4.78, 5) is 26.7. The highest BCUT2D eigenvalue weighted by atomic mass is 16.5. The molecule has 0 fully saturated rings. The molecule has 2 aromatic carbocycles. The summed E-state index contributed by atoms with van der Waals surface area (Å²) >= 11 is 0. The van der Waals surface area contributed by atoms with Gasteiger partial charge in [0.25, 0.3) is 0 Å². The van der Waals surface area contributed by atoms with Crippen LogP contribution in [0.2, 0.25) is 0 Å². The Morgan fingerprint density at radius 2 is 1.58 bits per heavy atom. The van der Waals surface area contributed by atoms with Crippen molar-refractivity contribution < 1.29 is 23.8 Å². The van der Waals surface area contributed by atoms with Crippen LogP contribution in [0.25, 0.3) is 6.08 Å². The number of rotatable bonds is 3. The number of fused-ring (bicyclic) bond motifs is 3. The van der Waals surface area contributed by atoms with E-state index in [0.717, 1.165) is 24.0 Å². The van der Waals surface area contributed by atoms with Crippen LogP contribution in [-0.2, 0) is 6.42 Å². The van der Waals surface area contributed by atoms with E-state index in [1.807, 2.05) is 12.2 Å². The number of benzene rings is 2. The van der Waals surface area contributed by atoms with Crippen LogP contribution >= 0.6 is 0 Å². The van der Waals surface area contributed by atoms with Crippen molar-refractivity contribution in [3.63, 3.8) is 0 Å². The standard InChI is InChI=1S/C21H18O5/c1-24-14-10-6-9-13-15(14)19(23)17-16(18(13)22)20(25-2)11-7-4-5-8-12(11)21(17)26-3/h4,6-7,9-10H,5,8H2,1-3H3. The second kappa shape index (κ2) is 6.02. The van der Waals surface area contributed by atoms with E-state index in [1.54, 1.807) is 18.2 Å². The molecule has 0 aromatic heterocycles. The lowest BCUT2D eigenvalue weighted by Gasteiger charge is -2.27. The van der Waals surface area contributed by atoms with E-state index in [1.165, 1.54) is 21.3 Å². The van der Waals surface area contributed by atoms with Crippen molar-refractivity contribution in [2.75, 3.05) is 21.3 Å². The van der Waals surface area contributed by atoms with Gasteiger partial charge in [0.05, 0.1) is 38.0 Å². The average molecular weight is 350 g/mol. The first-order valence-electron chi connectivity index (χ1n) is 8.37. The Hall–Kier alpha value is -3.08. The van der Waals surface area contributed by atoms with Crippen molar-refractivity contribution >= 4 is 17.6 Å². The van der Waals surface area contributed by atoms with Gasteiger partial charge in [-0.3, -0.25) is 9.59 Å². The Balaban J connectivity index is 2.13. The van der Waals surface area contributed by atoms with Crippen LogP contribution in [0.3, 0.4) is 0 Å². The Labute approximate surface area is 151 Å². The maximum atomic E-state index is 13.4. The molecule has 0 bridgehead atoms. The van der Waals surface area contributed by atoms with Gasteiger partial charge in [0.15, 0.2) is 5.78 Å². The molecule has 0 saturated carbocycles. The monoisotopic (exact) mass is 350 g/mol. The van der Waals surface area contributed by atoms with Gasteiger partial charge in [0.1, 0.15) is 17.2 Å². The highest BCUT2D eigenvalue weighted by molar-refractivity contribution is 6.31. The first-order valence-corrected chi connectivity index (χ1v) is 8.37. The molecule has 2 aliphatic carbocycles. The van der Waals surface area contributed by atoms with Crippen LogP contribution in [0.15, 0.2) is 24.3 Å². The van der Waals surface area contributed by atoms with Gasteiger partial charge in [-0.05, 0) is 18.9 Å². The van der Waals surface area contributed by atoms with E-state index in [0.29, 0.717) is 22.8 Å². The summed E-state index contributed by atoms with van der Waals surface area (Å²) in [5, 5.41) is 0. The third kappa shape index (κ3) is 2.03. The Morgan fingerprint density at radius 1 is 0.846 bits per heavy atom. The van der Waals surface area contributed by atoms with E-state index in [4.69, 9.17) is 14.2 Å². The average Bonchev–Trinajstić information content (AvgIpc) is 2.69. The van der Waals surface area contributed by atoms with Crippen molar-refractivity contribution in [2.24, 2.45) is 0 Å². The lowest BCUT2D eigenvalue weighted by Crippen LogP contribution is -2.25. The number of ether oxygens (including phenoxy) is 3. The minimum Gasteiger partial charge on any atom is -0.496 e. The Morgan fingerprint density at radius 3 is 2.27 bits per heavy atom. The zero-order valence-corrected chi connectivity index (χ0v) is 14.8. The third-order valence-electron chi connectivity index (χ3n) is 4.97. The maximum absolute atomic E-state index is 13.4. The second-order valence-corrected chi connectivity index (χ2v) is 6.19. The van der Waals surface area contributed by atoms with E-state index >= 15 is 0 Å². The fraction of sp³-hybridized carbons (Fsp3) is 0.238. The van der Waals surface area contributed by atoms with Gasteiger partial charge in [0, 0.05) is 16.7 Å². The molecular weight excluding hydrogens is 332 g/mol. The fourth-order valence-corrected chi connectivity index (χ4v) is 3.88. The smallest absolute Gasteiger partial charge is 0.202 e. The summed E-state index contributed by atoms with van der Waals surface area (Å²) < 4.78 is 16.5. The fourth-order valence-electron chi connectivity index (χ4n) is 3.88. The topological polar surface area (TPSA) is 61.8 Å². The molecule has 0 heterocycles. The minimum absolute atomic E-state index is 0.259. The number of carbonyl (C=O) groups excluding carboxylic acids is 2. The molecule has 0 N–H and O–H groups in total. The van der Waals surface area contributed by atoms with Crippen LogP contribution in [0.5, 0.6) is 17.2 Å². The molecule has 0 atom stereocenters. The van der Waals surface area contributed by atoms with E-state index < -0.39 is 0 Å². The summed E-state index contributed by atoms with van der Waals surface area (Å²) in [6, 6.07) is 5.03. The molecule has 0 amide bonds. The first kappa shape index (κ1) is 16.4. The largest absolute Gasteiger partial charge is 0.496 e. The highest BCUT2D eigenvalue weighted by Gasteiger charge is 2.39. The molecule has 4 rings (SSSR count). The third-order valence-corrected chi connectivity index (χ3v) is 4.97. The molecule has 5 heteroatoms. The van der Waals surface area contributed by atoms with Crippen LogP contribution < -0.4 is 14.2 Å². The summed E-state index contributed by atoms with van der Waals surface area (Å²) in [6.45, 7) is 0. The summed E-state index contributed by atoms with van der Waals surface area (Å²) in [7, 11) is 4.53.